The van der Waals surface area contributed by atoms with Gasteiger partial charge in [-0.15, -0.1) is 34.0 Å². The number of thiophene rings is 3. The van der Waals surface area contributed by atoms with Crippen LogP contribution in [0.2, 0.25) is 0 Å². The summed E-state index contributed by atoms with van der Waals surface area (Å²) >= 11 is 5.60. The van der Waals surface area contributed by atoms with Crippen molar-refractivity contribution in [1.82, 2.24) is 23.7 Å². The molecular formula is C80H45N5S3. The van der Waals surface area contributed by atoms with Gasteiger partial charge in [-0.2, -0.15) is 0 Å². The highest BCUT2D eigenvalue weighted by Gasteiger charge is 2.23. The number of hydrogen-bond donors (Lipinski definition) is 0. The lowest BCUT2D eigenvalue weighted by Gasteiger charge is -2.15. The van der Waals surface area contributed by atoms with E-state index in [1.165, 1.54) is 126 Å². The van der Waals surface area contributed by atoms with Crippen molar-refractivity contribution in [3.63, 3.8) is 0 Å². The number of aromatic nitrogens is 5. The summed E-state index contributed by atoms with van der Waals surface area (Å²) in [7, 11) is 0. The van der Waals surface area contributed by atoms with Gasteiger partial charge in [0.05, 0.1) is 44.3 Å². The fraction of sp³-hybridized carbons (Fsp3) is 0. The van der Waals surface area contributed by atoms with Gasteiger partial charge < -0.3 is 13.7 Å². The molecule has 0 unspecified atom stereocenters. The minimum absolute atomic E-state index is 0.672. The first-order valence-corrected chi connectivity index (χ1v) is 32.2. The second kappa shape index (κ2) is 18.4. The molecule has 7 heterocycles. The van der Waals surface area contributed by atoms with Gasteiger partial charge in [-0.25, -0.2) is 9.97 Å². The minimum Gasteiger partial charge on any atom is -0.309 e. The Hall–Kier alpha value is -10.7. The maximum atomic E-state index is 5.68. The largest absolute Gasteiger partial charge is 0.309 e. The first kappa shape index (κ1) is 48.5. The van der Waals surface area contributed by atoms with Crippen LogP contribution in [0, 0.1) is 0 Å². The molecule has 7 aromatic heterocycles. The topological polar surface area (TPSA) is 40.6 Å². The standard InChI is InChI=1S/C80H45N5S3/c1-7-25-61-53(19-1)73-64(37-40-70-76(73)56-22-4-10-28-67(56)86-70)83(61)50-34-31-46(32-35-50)80-81-60-36-33-48(47-15-13-17-51(43-47)84-62-26-8-2-20-54(62)74-65(84)38-41-71-77(74)57-23-5-11-29-68(57)87-71)45-59(60)79(82-80)49-16-14-18-52(44-49)85-63-27-9-3-21-55(63)75-66(85)39-42-72-78(75)58-24-6-12-30-69(58)88-72/h1-45H. The Labute approximate surface area is 514 Å². The summed E-state index contributed by atoms with van der Waals surface area (Å²) in [6.07, 6.45) is 0. The molecule has 0 radical (unpaired) electrons. The van der Waals surface area contributed by atoms with E-state index in [1.807, 2.05) is 34.0 Å². The van der Waals surface area contributed by atoms with Crippen LogP contribution in [0.4, 0.5) is 0 Å². The smallest absolute Gasteiger partial charge is 0.160 e. The first-order chi connectivity index (χ1) is 43.6. The van der Waals surface area contributed by atoms with Crippen LogP contribution in [0.5, 0.6) is 0 Å². The Morgan fingerprint density at radius 3 is 1.11 bits per heavy atom. The van der Waals surface area contributed by atoms with Crippen LogP contribution >= 0.6 is 34.0 Å². The molecule has 8 heteroatoms. The second-order valence-electron chi connectivity index (χ2n) is 23.1. The molecule has 0 aliphatic heterocycles. The van der Waals surface area contributed by atoms with Gasteiger partial charge in [-0.3, -0.25) is 0 Å². The molecule has 408 valence electrons. The van der Waals surface area contributed by atoms with E-state index in [0.717, 1.165) is 55.9 Å². The van der Waals surface area contributed by atoms with Gasteiger partial charge in [-0.05, 0) is 145 Å². The van der Waals surface area contributed by atoms with Crippen LogP contribution < -0.4 is 0 Å². The minimum atomic E-state index is 0.672. The van der Waals surface area contributed by atoms with E-state index in [9.17, 15) is 0 Å². The van der Waals surface area contributed by atoms with E-state index in [4.69, 9.17) is 9.97 Å². The van der Waals surface area contributed by atoms with Crippen molar-refractivity contribution in [3.05, 3.63) is 273 Å². The lowest BCUT2D eigenvalue weighted by atomic mass is 9.99. The lowest BCUT2D eigenvalue weighted by Crippen LogP contribution is -1.99. The molecule has 0 amide bonds. The summed E-state index contributed by atoms with van der Waals surface area (Å²) in [5, 5.41) is 16.5. The molecule has 0 aliphatic rings. The zero-order valence-electron chi connectivity index (χ0n) is 46.9. The lowest BCUT2D eigenvalue weighted by molar-refractivity contribution is 1.17. The third-order valence-corrected chi connectivity index (χ3v) is 21.8. The summed E-state index contributed by atoms with van der Waals surface area (Å²) in [5.41, 5.74) is 16.3. The number of nitrogens with zero attached hydrogens (tertiary/aromatic N) is 5. The van der Waals surface area contributed by atoms with Gasteiger partial charge >= 0.3 is 0 Å². The number of hydrogen-bond acceptors (Lipinski definition) is 5. The molecule has 0 N–H and O–H groups in total. The van der Waals surface area contributed by atoms with Crippen molar-refractivity contribution < 1.29 is 0 Å². The zero-order chi connectivity index (χ0) is 57.3. The SMILES string of the molecule is c1cc(-c2ccc3nc(-c4ccc(-n5c6ccccc6c6c7c(ccc65)sc5ccccc57)cc4)nc(-c4cccc(-n5c6ccccc6c6c7c(ccc65)sc5ccccc57)c4)c3c2)cc(-n2c3ccccc3c3c4c(ccc32)sc2ccccc24)c1. The van der Waals surface area contributed by atoms with E-state index >= 15 is 0 Å². The molecule has 0 aliphatic carbocycles. The van der Waals surface area contributed by atoms with Gasteiger partial charge in [0, 0.05) is 126 Å². The van der Waals surface area contributed by atoms with Crippen LogP contribution in [0.15, 0.2) is 273 Å². The van der Waals surface area contributed by atoms with E-state index in [2.05, 4.69) is 287 Å². The molecule has 0 atom stereocenters. The number of rotatable bonds is 6. The Morgan fingerprint density at radius 2 is 0.625 bits per heavy atom. The zero-order valence-corrected chi connectivity index (χ0v) is 49.4. The van der Waals surface area contributed by atoms with Gasteiger partial charge in [0.2, 0.25) is 0 Å². The molecule has 13 aromatic carbocycles. The third kappa shape index (κ3) is 6.90. The van der Waals surface area contributed by atoms with Crippen LogP contribution in [0.3, 0.4) is 0 Å². The Kier molecular flexibility index (Phi) is 10.1. The van der Waals surface area contributed by atoms with E-state index in [0.29, 0.717) is 5.82 Å². The molecule has 88 heavy (non-hydrogen) atoms. The van der Waals surface area contributed by atoms with Crippen LogP contribution in [0.1, 0.15) is 0 Å². The van der Waals surface area contributed by atoms with Crippen molar-refractivity contribution in [1.29, 1.82) is 0 Å². The molecule has 0 saturated carbocycles. The van der Waals surface area contributed by atoms with E-state index < -0.39 is 0 Å². The van der Waals surface area contributed by atoms with Crippen molar-refractivity contribution in [2.75, 3.05) is 0 Å². The average Bonchev–Trinajstić information content (AvgIpc) is 1.81. The first-order valence-electron chi connectivity index (χ1n) is 29.8. The molecule has 0 fully saturated rings. The molecule has 0 saturated heterocycles. The quantitative estimate of drug-likeness (QED) is 0.166. The Morgan fingerprint density at radius 1 is 0.227 bits per heavy atom. The fourth-order valence-electron chi connectivity index (χ4n) is 14.7. The van der Waals surface area contributed by atoms with Crippen molar-refractivity contribution >= 4 is 171 Å². The summed E-state index contributed by atoms with van der Waals surface area (Å²) in [6.45, 7) is 0. The predicted molar refractivity (Wildman–Crippen MR) is 378 cm³/mol. The fourth-order valence-corrected chi connectivity index (χ4v) is 18.0. The van der Waals surface area contributed by atoms with Crippen molar-refractivity contribution in [3.8, 4) is 50.8 Å². The maximum absolute atomic E-state index is 5.68. The highest BCUT2D eigenvalue weighted by atomic mass is 32.1. The third-order valence-electron chi connectivity index (χ3n) is 18.4. The number of benzene rings is 13. The van der Waals surface area contributed by atoms with Gasteiger partial charge in [0.15, 0.2) is 5.82 Å². The molecular weight excluding hydrogens is 1130 g/mol. The number of fused-ring (bicyclic) bond motifs is 22. The molecule has 0 spiro atoms. The Bertz CT molecular complexity index is 6380. The average molecular weight is 1170 g/mol. The predicted octanol–water partition coefficient (Wildman–Crippen LogP) is 23.0. The molecule has 20 aromatic rings. The maximum Gasteiger partial charge on any atom is 0.160 e. The van der Waals surface area contributed by atoms with Gasteiger partial charge in [0.1, 0.15) is 0 Å². The van der Waals surface area contributed by atoms with Crippen molar-refractivity contribution in [2.45, 2.75) is 0 Å². The molecule has 0 bridgehead atoms. The van der Waals surface area contributed by atoms with Crippen LogP contribution in [0.25, 0.3) is 188 Å². The van der Waals surface area contributed by atoms with Gasteiger partial charge in [-0.1, -0.05) is 140 Å². The highest BCUT2D eigenvalue weighted by Crippen LogP contribution is 2.48. The monoisotopic (exact) mass is 1170 g/mol. The number of para-hydroxylation sites is 3. The summed E-state index contributed by atoms with van der Waals surface area (Å²) in [6, 6.07) is 101. The van der Waals surface area contributed by atoms with E-state index in [-0.39, 0.29) is 0 Å². The van der Waals surface area contributed by atoms with Crippen molar-refractivity contribution in [2.24, 2.45) is 0 Å². The Balaban J connectivity index is 0.768. The second-order valence-corrected chi connectivity index (χ2v) is 26.4. The molecule has 5 nitrogen and oxygen atoms in total. The summed E-state index contributed by atoms with van der Waals surface area (Å²) in [5.74, 6) is 0.672. The van der Waals surface area contributed by atoms with E-state index in [1.54, 1.807) is 0 Å². The van der Waals surface area contributed by atoms with Crippen LogP contribution in [-0.2, 0) is 0 Å². The molecule has 20 rings (SSSR count). The normalized spacial score (nSPS) is 12.3. The van der Waals surface area contributed by atoms with Crippen LogP contribution in [-0.4, -0.2) is 23.7 Å². The summed E-state index contributed by atoms with van der Waals surface area (Å²) in [4.78, 5) is 11.1. The summed E-state index contributed by atoms with van der Waals surface area (Å²) < 4.78 is 15.1. The highest BCUT2D eigenvalue weighted by molar-refractivity contribution is 7.27. The van der Waals surface area contributed by atoms with Gasteiger partial charge in [0.25, 0.3) is 0 Å².